The lowest BCUT2D eigenvalue weighted by Gasteiger charge is -2.28. The van der Waals surface area contributed by atoms with Crippen molar-refractivity contribution in [2.45, 2.75) is 33.2 Å². The van der Waals surface area contributed by atoms with Crippen molar-refractivity contribution in [3.63, 3.8) is 0 Å². The molecular weight excluding hydrogens is 404 g/mol. The predicted molar refractivity (Wildman–Crippen MR) is 109 cm³/mol. The first-order valence-corrected chi connectivity index (χ1v) is 9.82. The normalized spacial score (nSPS) is 12.9. The highest BCUT2D eigenvalue weighted by molar-refractivity contribution is 6.30. The van der Waals surface area contributed by atoms with Crippen LogP contribution in [0.25, 0.3) is 0 Å². The van der Waals surface area contributed by atoms with Crippen molar-refractivity contribution in [1.29, 1.82) is 5.26 Å². The maximum Gasteiger partial charge on any atom is 0.229 e. The van der Waals surface area contributed by atoms with Crippen LogP contribution in [0.3, 0.4) is 0 Å². The molecule has 0 fully saturated rings. The van der Waals surface area contributed by atoms with Crippen molar-refractivity contribution in [2.24, 2.45) is 0 Å². The van der Waals surface area contributed by atoms with Gasteiger partial charge >= 0.3 is 0 Å². The molecule has 8 nitrogen and oxygen atoms in total. The van der Waals surface area contributed by atoms with Crippen molar-refractivity contribution < 1.29 is 9.53 Å². The van der Waals surface area contributed by atoms with E-state index in [0.29, 0.717) is 53.0 Å². The Hall–Kier alpha value is -3.44. The molecule has 0 bridgehead atoms. The van der Waals surface area contributed by atoms with Crippen molar-refractivity contribution in [3.8, 4) is 17.6 Å². The summed E-state index contributed by atoms with van der Waals surface area (Å²) in [5, 5.41) is 16.6. The zero-order chi connectivity index (χ0) is 21.3. The standard InChI is InChI=1S/C21H19ClN6O2/c1-12-21(30-17-6-14(9-23)5-16(22)7-17)19(27-26-12)8-20(29)28-4-3-18-15(11-28)10-24-13(2)25-18/h5-7,10H,3-4,8,11H2,1-2H3,(H,26,27). The third-order valence-corrected chi connectivity index (χ3v) is 5.13. The zero-order valence-electron chi connectivity index (χ0n) is 16.6. The Balaban J connectivity index is 1.51. The molecule has 1 amide bonds. The Morgan fingerprint density at radius 3 is 3.00 bits per heavy atom. The van der Waals surface area contributed by atoms with E-state index in [9.17, 15) is 4.79 Å². The third kappa shape index (κ3) is 4.11. The summed E-state index contributed by atoms with van der Waals surface area (Å²) in [7, 11) is 0. The lowest BCUT2D eigenvalue weighted by atomic mass is 10.1. The monoisotopic (exact) mass is 422 g/mol. The molecule has 0 saturated carbocycles. The summed E-state index contributed by atoms with van der Waals surface area (Å²) in [5.74, 6) is 1.56. The van der Waals surface area contributed by atoms with Crippen LogP contribution in [0.5, 0.6) is 11.5 Å². The number of ether oxygens (including phenoxy) is 1. The molecule has 152 valence electrons. The molecule has 1 aromatic carbocycles. The molecule has 0 spiro atoms. The predicted octanol–water partition coefficient (Wildman–Crippen LogP) is 3.26. The van der Waals surface area contributed by atoms with Gasteiger partial charge in [0.2, 0.25) is 5.91 Å². The number of benzene rings is 1. The molecule has 3 aromatic rings. The van der Waals surface area contributed by atoms with E-state index >= 15 is 0 Å². The Morgan fingerprint density at radius 2 is 2.20 bits per heavy atom. The van der Waals surface area contributed by atoms with Gasteiger partial charge in [0.05, 0.1) is 29.4 Å². The second-order valence-electron chi connectivity index (χ2n) is 7.15. The summed E-state index contributed by atoms with van der Waals surface area (Å²) in [6.45, 7) is 4.75. The first kappa shape index (κ1) is 19.9. The molecule has 1 aliphatic heterocycles. The van der Waals surface area contributed by atoms with E-state index < -0.39 is 0 Å². The van der Waals surface area contributed by atoms with Gasteiger partial charge in [0.15, 0.2) is 5.75 Å². The highest BCUT2D eigenvalue weighted by Gasteiger charge is 2.25. The Morgan fingerprint density at radius 1 is 1.37 bits per heavy atom. The molecule has 0 radical (unpaired) electrons. The summed E-state index contributed by atoms with van der Waals surface area (Å²) in [4.78, 5) is 23.4. The lowest BCUT2D eigenvalue weighted by Crippen LogP contribution is -2.37. The van der Waals surface area contributed by atoms with E-state index in [4.69, 9.17) is 21.6 Å². The molecule has 0 atom stereocenters. The first-order valence-electron chi connectivity index (χ1n) is 9.44. The van der Waals surface area contributed by atoms with Crippen LogP contribution in [0, 0.1) is 25.2 Å². The molecule has 3 heterocycles. The minimum Gasteiger partial charge on any atom is -0.453 e. The molecule has 1 aliphatic rings. The van der Waals surface area contributed by atoms with Gasteiger partial charge in [-0.2, -0.15) is 10.4 Å². The summed E-state index contributed by atoms with van der Waals surface area (Å²) in [5.41, 5.74) is 3.55. The average molecular weight is 423 g/mol. The number of carbonyl (C=O) groups excluding carboxylic acids is 1. The Bertz CT molecular complexity index is 1170. The van der Waals surface area contributed by atoms with Crippen LogP contribution in [0.4, 0.5) is 0 Å². The first-order chi connectivity index (χ1) is 14.4. The number of hydrogen-bond acceptors (Lipinski definition) is 6. The summed E-state index contributed by atoms with van der Waals surface area (Å²) in [6, 6.07) is 6.81. The van der Waals surface area contributed by atoms with Crippen molar-refractivity contribution >= 4 is 17.5 Å². The van der Waals surface area contributed by atoms with Gasteiger partial charge in [0, 0.05) is 36.3 Å². The second kappa shape index (κ2) is 8.13. The van der Waals surface area contributed by atoms with Crippen LogP contribution in [0.15, 0.2) is 24.4 Å². The number of nitrogens with one attached hydrogen (secondary N) is 1. The van der Waals surface area contributed by atoms with E-state index in [2.05, 4.69) is 20.2 Å². The van der Waals surface area contributed by atoms with E-state index in [-0.39, 0.29) is 12.3 Å². The molecule has 2 aromatic heterocycles. The van der Waals surface area contributed by atoms with Gasteiger partial charge in [-0.15, -0.1) is 0 Å². The highest BCUT2D eigenvalue weighted by Crippen LogP contribution is 2.30. The van der Waals surface area contributed by atoms with Gasteiger partial charge in [0.1, 0.15) is 17.3 Å². The maximum absolute atomic E-state index is 12.9. The highest BCUT2D eigenvalue weighted by atomic mass is 35.5. The smallest absolute Gasteiger partial charge is 0.229 e. The van der Waals surface area contributed by atoms with Crippen molar-refractivity contribution in [2.75, 3.05) is 6.54 Å². The zero-order valence-corrected chi connectivity index (χ0v) is 17.3. The van der Waals surface area contributed by atoms with E-state index in [1.54, 1.807) is 29.3 Å². The number of aryl methyl sites for hydroxylation is 2. The molecule has 4 rings (SSSR count). The number of hydrogen-bond donors (Lipinski definition) is 1. The lowest BCUT2D eigenvalue weighted by molar-refractivity contribution is -0.131. The number of halogens is 1. The minimum atomic E-state index is -0.0543. The van der Waals surface area contributed by atoms with Gasteiger partial charge in [-0.05, 0) is 32.0 Å². The minimum absolute atomic E-state index is 0.0543. The number of aromatic amines is 1. The number of fused-ring (bicyclic) bond motifs is 1. The number of rotatable bonds is 4. The second-order valence-corrected chi connectivity index (χ2v) is 7.58. The van der Waals surface area contributed by atoms with E-state index in [1.807, 2.05) is 19.9 Å². The topological polar surface area (TPSA) is 108 Å². The summed E-state index contributed by atoms with van der Waals surface area (Å²) < 4.78 is 5.94. The average Bonchev–Trinajstić information content (AvgIpc) is 3.06. The summed E-state index contributed by atoms with van der Waals surface area (Å²) in [6.07, 6.45) is 2.58. The van der Waals surface area contributed by atoms with Crippen molar-refractivity contribution in [1.82, 2.24) is 25.1 Å². The molecule has 0 unspecified atom stereocenters. The van der Waals surface area contributed by atoms with Gasteiger partial charge in [0.25, 0.3) is 0 Å². The van der Waals surface area contributed by atoms with E-state index in [0.717, 1.165) is 17.1 Å². The van der Waals surface area contributed by atoms with Gasteiger partial charge in [-0.25, -0.2) is 9.97 Å². The van der Waals surface area contributed by atoms with E-state index in [1.165, 1.54) is 0 Å². The fraction of sp³-hybridized carbons (Fsp3) is 0.286. The molecule has 9 heteroatoms. The third-order valence-electron chi connectivity index (χ3n) is 4.91. The molecular formula is C21H19ClN6O2. The SMILES string of the molecule is Cc1ncc2c(n1)CCN(C(=O)Cc1n[nH]c(C)c1Oc1cc(Cl)cc(C#N)c1)C2. The van der Waals surface area contributed by atoms with Crippen LogP contribution in [0.1, 0.15) is 34.0 Å². The number of carbonyl (C=O) groups is 1. The number of amides is 1. The number of nitrogens with zero attached hydrogens (tertiary/aromatic N) is 5. The Kier molecular flexibility index (Phi) is 5.38. The fourth-order valence-electron chi connectivity index (χ4n) is 3.41. The van der Waals surface area contributed by atoms with Crippen LogP contribution in [-0.2, 0) is 24.2 Å². The largest absolute Gasteiger partial charge is 0.453 e. The molecule has 1 N–H and O–H groups in total. The number of aromatic nitrogens is 4. The quantitative estimate of drug-likeness (QED) is 0.691. The number of nitriles is 1. The van der Waals surface area contributed by atoms with Gasteiger partial charge in [-0.3, -0.25) is 9.89 Å². The van der Waals surface area contributed by atoms with Gasteiger partial charge in [-0.1, -0.05) is 11.6 Å². The number of H-pyrrole nitrogens is 1. The fourth-order valence-corrected chi connectivity index (χ4v) is 3.64. The van der Waals surface area contributed by atoms with Crippen LogP contribution >= 0.6 is 11.6 Å². The van der Waals surface area contributed by atoms with Crippen molar-refractivity contribution in [3.05, 3.63) is 63.5 Å². The Labute approximate surface area is 178 Å². The molecule has 0 saturated heterocycles. The summed E-state index contributed by atoms with van der Waals surface area (Å²) >= 11 is 6.06. The van der Waals surface area contributed by atoms with Gasteiger partial charge < -0.3 is 9.64 Å². The molecule has 0 aliphatic carbocycles. The van der Waals surface area contributed by atoms with Crippen LogP contribution in [-0.4, -0.2) is 37.5 Å². The molecule has 30 heavy (non-hydrogen) atoms. The van der Waals surface area contributed by atoms with Crippen LogP contribution in [0.2, 0.25) is 5.02 Å². The maximum atomic E-state index is 12.9. The van der Waals surface area contributed by atoms with Crippen LogP contribution < -0.4 is 4.74 Å².